The number of fused-ring (bicyclic) bond motifs is 2. The van der Waals surface area contributed by atoms with Crippen LogP contribution in [0.1, 0.15) is 36.6 Å². The molecule has 0 fully saturated rings. The van der Waals surface area contributed by atoms with Gasteiger partial charge in [0.05, 0.1) is 28.5 Å². The van der Waals surface area contributed by atoms with Gasteiger partial charge in [0.2, 0.25) is 0 Å². The number of hydrogen-bond acceptors (Lipinski definition) is 5. The third-order valence-electron chi connectivity index (χ3n) is 8.21. The van der Waals surface area contributed by atoms with Gasteiger partial charge in [-0.1, -0.05) is 89.7 Å². The molecule has 1 N–H and O–H groups in total. The van der Waals surface area contributed by atoms with E-state index in [4.69, 9.17) is 21.3 Å². The van der Waals surface area contributed by atoms with Gasteiger partial charge in [-0.05, 0) is 67.4 Å². The first-order valence-electron chi connectivity index (χ1n) is 15.3. The normalized spacial score (nSPS) is 14.6. The van der Waals surface area contributed by atoms with Crippen molar-refractivity contribution in [3.05, 3.63) is 162 Å². The summed E-state index contributed by atoms with van der Waals surface area (Å²) in [5.41, 5.74) is 5.15. The number of rotatable bonds is 8. The third kappa shape index (κ3) is 5.93. The molecule has 0 spiro atoms. The molecular weight excluding hydrogens is 628 g/mol. The molecule has 7 nitrogen and oxygen atoms in total. The standard InChI is InChI=1S/C38H31ClN4O3S/c1-3-46-29-19-17-25(18-20-29)35-34(36(44)41-28-12-5-4-6-13-28)24(2)40-38-43(35)37(45)33(47-38)21-27-23-42(32-16-10-8-14-30(27)32)22-26-11-7-9-15-31(26)39/h4-21,23,35H,3,22H2,1-2H3,(H,41,44)/b33-21-/t35-/m0/s1. The maximum Gasteiger partial charge on any atom is 0.271 e. The molecule has 1 aliphatic rings. The SMILES string of the molecule is CCOc1ccc([C@H]2C(C(=O)Nc3ccccc3)=C(C)N=c3s/c(=C\c4cn(Cc5ccccc5Cl)c5ccccc45)c(=O)n32)cc1. The number of benzene rings is 4. The number of amides is 1. The van der Waals surface area contributed by atoms with Crippen LogP contribution in [0, 0.1) is 0 Å². The van der Waals surface area contributed by atoms with E-state index in [1.54, 1.807) is 4.57 Å². The maximum absolute atomic E-state index is 14.4. The molecular formula is C38H31ClN4O3S. The van der Waals surface area contributed by atoms with Crippen molar-refractivity contribution >= 4 is 51.5 Å². The topological polar surface area (TPSA) is 77.6 Å². The van der Waals surface area contributed by atoms with Crippen molar-refractivity contribution < 1.29 is 9.53 Å². The summed E-state index contributed by atoms with van der Waals surface area (Å²) in [5, 5.41) is 4.73. The van der Waals surface area contributed by atoms with Gasteiger partial charge in [0, 0.05) is 39.9 Å². The Morgan fingerprint density at radius 3 is 2.47 bits per heavy atom. The highest BCUT2D eigenvalue weighted by molar-refractivity contribution is 7.07. The number of carbonyl (C=O) groups is 1. The fraction of sp³-hybridized carbons (Fsp3) is 0.132. The van der Waals surface area contributed by atoms with Crippen LogP contribution in [-0.2, 0) is 11.3 Å². The van der Waals surface area contributed by atoms with Crippen LogP contribution in [0.15, 0.2) is 130 Å². The second-order valence-corrected chi connectivity index (χ2v) is 12.6. The molecule has 47 heavy (non-hydrogen) atoms. The molecule has 3 heterocycles. The first kappa shape index (κ1) is 30.5. The van der Waals surface area contributed by atoms with Gasteiger partial charge in [-0.15, -0.1) is 0 Å². The average Bonchev–Trinajstić information content (AvgIpc) is 3.58. The van der Waals surface area contributed by atoms with Gasteiger partial charge in [0.1, 0.15) is 5.75 Å². The minimum absolute atomic E-state index is 0.215. The summed E-state index contributed by atoms with van der Waals surface area (Å²) >= 11 is 7.83. The number of allylic oxidation sites excluding steroid dienone is 1. The minimum Gasteiger partial charge on any atom is -0.494 e. The van der Waals surface area contributed by atoms with Crippen LogP contribution in [0.4, 0.5) is 5.69 Å². The summed E-state index contributed by atoms with van der Waals surface area (Å²) in [4.78, 5) is 33.6. The minimum atomic E-state index is -0.686. The fourth-order valence-corrected chi connectivity index (χ4v) is 7.27. The van der Waals surface area contributed by atoms with Gasteiger partial charge in [-0.2, -0.15) is 0 Å². The summed E-state index contributed by atoms with van der Waals surface area (Å²) in [6, 6.07) is 32.1. The lowest BCUT2D eigenvalue weighted by Crippen LogP contribution is -2.40. The molecule has 234 valence electrons. The molecule has 0 unspecified atom stereocenters. The Morgan fingerprint density at radius 2 is 1.70 bits per heavy atom. The van der Waals surface area contributed by atoms with Gasteiger partial charge in [-0.3, -0.25) is 14.2 Å². The summed E-state index contributed by atoms with van der Waals surface area (Å²) in [6.07, 6.45) is 3.98. The Hall–Kier alpha value is -5.18. The van der Waals surface area contributed by atoms with Gasteiger partial charge in [-0.25, -0.2) is 4.99 Å². The summed E-state index contributed by atoms with van der Waals surface area (Å²) < 4.78 is 9.99. The van der Waals surface area contributed by atoms with Crippen LogP contribution in [0.2, 0.25) is 5.02 Å². The molecule has 7 rings (SSSR count). The molecule has 2 aromatic heterocycles. The van der Waals surface area contributed by atoms with Crippen molar-refractivity contribution in [2.75, 3.05) is 11.9 Å². The van der Waals surface area contributed by atoms with Gasteiger partial charge in [0.15, 0.2) is 4.80 Å². The van der Waals surface area contributed by atoms with Crippen LogP contribution in [-0.4, -0.2) is 21.6 Å². The Balaban J connectivity index is 1.36. The number of ether oxygens (including phenoxy) is 1. The lowest BCUT2D eigenvalue weighted by Gasteiger charge is -2.25. The molecule has 9 heteroatoms. The van der Waals surface area contributed by atoms with E-state index in [2.05, 4.69) is 28.2 Å². The van der Waals surface area contributed by atoms with Crippen LogP contribution in [0.25, 0.3) is 17.0 Å². The summed E-state index contributed by atoms with van der Waals surface area (Å²) in [7, 11) is 0. The summed E-state index contributed by atoms with van der Waals surface area (Å²) in [5.74, 6) is 0.404. The molecule has 6 aromatic rings. The van der Waals surface area contributed by atoms with Gasteiger partial charge < -0.3 is 14.6 Å². The van der Waals surface area contributed by atoms with E-state index in [1.165, 1.54) is 11.3 Å². The predicted octanol–water partition coefficient (Wildman–Crippen LogP) is 6.93. The number of aromatic nitrogens is 2. The molecule has 0 saturated heterocycles. The Labute approximate surface area is 280 Å². The molecule has 4 aromatic carbocycles. The highest BCUT2D eigenvalue weighted by Gasteiger charge is 2.32. The molecule has 0 radical (unpaired) electrons. The van der Waals surface area contributed by atoms with Crippen molar-refractivity contribution in [2.24, 2.45) is 4.99 Å². The number of thiazole rings is 1. The van der Waals surface area contributed by atoms with Gasteiger partial charge >= 0.3 is 0 Å². The van der Waals surface area contributed by atoms with E-state index in [-0.39, 0.29) is 11.5 Å². The van der Waals surface area contributed by atoms with Crippen molar-refractivity contribution in [1.82, 2.24) is 9.13 Å². The Bertz CT molecular complexity index is 2340. The largest absolute Gasteiger partial charge is 0.494 e. The Kier molecular flexibility index (Phi) is 8.37. The number of para-hydroxylation sites is 2. The molecule has 0 saturated carbocycles. The second kappa shape index (κ2) is 12.9. The lowest BCUT2D eigenvalue weighted by atomic mass is 9.95. The predicted molar refractivity (Wildman–Crippen MR) is 189 cm³/mol. The molecule has 0 aliphatic carbocycles. The van der Waals surface area contributed by atoms with Crippen LogP contribution < -0.4 is 24.9 Å². The van der Waals surface area contributed by atoms with Gasteiger partial charge in [0.25, 0.3) is 11.5 Å². The lowest BCUT2D eigenvalue weighted by molar-refractivity contribution is -0.113. The van der Waals surface area contributed by atoms with Crippen molar-refractivity contribution in [3.8, 4) is 5.75 Å². The van der Waals surface area contributed by atoms with E-state index in [9.17, 15) is 9.59 Å². The zero-order chi connectivity index (χ0) is 32.5. The van der Waals surface area contributed by atoms with Crippen LogP contribution >= 0.6 is 22.9 Å². The number of nitrogens with zero attached hydrogens (tertiary/aromatic N) is 3. The van der Waals surface area contributed by atoms with E-state index >= 15 is 0 Å². The first-order valence-corrected chi connectivity index (χ1v) is 16.5. The van der Waals surface area contributed by atoms with E-state index in [0.29, 0.717) is 50.2 Å². The number of nitrogens with one attached hydrogen (secondary N) is 1. The summed E-state index contributed by atoms with van der Waals surface area (Å²) in [6.45, 7) is 4.87. The first-order chi connectivity index (χ1) is 22.9. The smallest absolute Gasteiger partial charge is 0.271 e. The quantitative estimate of drug-likeness (QED) is 0.193. The van der Waals surface area contributed by atoms with E-state index < -0.39 is 6.04 Å². The highest BCUT2D eigenvalue weighted by atomic mass is 35.5. The third-order valence-corrected chi connectivity index (χ3v) is 9.56. The molecule has 0 bridgehead atoms. The molecule has 1 amide bonds. The number of anilines is 1. The number of halogens is 1. The zero-order valence-electron chi connectivity index (χ0n) is 25.8. The molecule has 1 atom stereocenters. The molecule has 1 aliphatic heterocycles. The van der Waals surface area contributed by atoms with Crippen LogP contribution in [0.5, 0.6) is 5.75 Å². The van der Waals surface area contributed by atoms with Crippen molar-refractivity contribution in [3.63, 3.8) is 0 Å². The monoisotopic (exact) mass is 658 g/mol. The Morgan fingerprint density at radius 1 is 0.979 bits per heavy atom. The van der Waals surface area contributed by atoms with Crippen molar-refractivity contribution in [2.45, 2.75) is 26.4 Å². The highest BCUT2D eigenvalue weighted by Crippen LogP contribution is 2.32. The second-order valence-electron chi connectivity index (χ2n) is 11.2. The average molecular weight is 659 g/mol. The zero-order valence-corrected chi connectivity index (χ0v) is 27.4. The van der Waals surface area contributed by atoms with E-state index in [0.717, 1.165) is 27.6 Å². The van der Waals surface area contributed by atoms with E-state index in [1.807, 2.05) is 111 Å². The number of hydrogen-bond donors (Lipinski definition) is 1. The van der Waals surface area contributed by atoms with Crippen LogP contribution in [0.3, 0.4) is 0 Å². The number of carbonyl (C=O) groups excluding carboxylic acids is 1. The maximum atomic E-state index is 14.4. The van der Waals surface area contributed by atoms with Crippen molar-refractivity contribution in [1.29, 1.82) is 0 Å². The fourth-order valence-electron chi connectivity index (χ4n) is 6.03.